The van der Waals surface area contributed by atoms with E-state index in [1.165, 1.54) is 0 Å². The fraction of sp³-hybridized carbons (Fsp3) is 0.667. The van der Waals surface area contributed by atoms with Gasteiger partial charge in [0.25, 0.3) is 0 Å². The Kier molecular flexibility index (Phi) is 9.07. The van der Waals surface area contributed by atoms with Crippen LogP contribution in [0.3, 0.4) is 0 Å². The molecule has 0 spiro atoms. The van der Waals surface area contributed by atoms with Gasteiger partial charge >= 0.3 is 5.97 Å². The first-order chi connectivity index (χ1) is 5.29. The van der Waals surface area contributed by atoms with Gasteiger partial charge in [0.2, 0.25) is 5.91 Å². The fourth-order valence-electron chi connectivity index (χ4n) is 0. The molecule has 0 fully saturated rings. The summed E-state index contributed by atoms with van der Waals surface area (Å²) in [4.78, 5) is 18.9. The second-order valence-corrected chi connectivity index (χ2v) is 4.72. The third kappa shape index (κ3) is 12.6. The molecule has 0 rings (SSSR count). The number of nitrogens with two attached hydrogens (primary N) is 1. The number of carboxylic acid groups (broad SMARTS) is 1. The molecule has 1 amide bonds. The van der Waals surface area contributed by atoms with E-state index in [0.29, 0.717) is 0 Å². The summed E-state index contributed by atoms with van der Waals surface area (Å²) in [6.07, 6.45) is 0. The molecule has 0 aromatic rings. The molecule has 0 aliphatic heterocycles. The van der Waals surface area contributed by atoms with E-state index in [9.17, 15) is 9.59 Å². The lowest BCUT2D eigenvalue weighted by molar-refractivity contribution is -0.135. The quantitative estimate of drug-likeness (QED) is 0.750. The van der Waals surface area contributed by atoms with Crippen molar-refractivity contribution in [1.29, 1.82) is 0 Å². The van der Waals surface area contributed by atoms with Crippen molar-refractivity contribution in [3.05, 3.63) is 0 Å². The number of hydrogen-bond acceptors (Lipinski definition) is 2. The van der Waals surface area contributed by atoms with Crippen molar-refractivity contribution >= 4 is 43.7 Å². The van der Waals surface area contributed by atoms with Crippen LogP contribution in [0.15, 0.2) is 0 Å². The Morgan fingerprint density at radius 2 is 1.42 bits per heavy atom. The number of halogens is 2. The molecule has 0 aromatic carbocycles. The van der Waals surface area contributed by atoms with Crippen molar-refractivity contribution in [3.63, 3.8) is 0 Å². The zero-order valence-electron chi connectivity index (χ0n) is 6.75. The summed E-state index contributed by atoms with van der Waals surface area (Å²) in [6, 6.07) is 0. The van der Waals surface area contributed by atoms with E-state index in [2.05, 4.69) is 31.9 Å². The highest BCUT2D eigenvalue weighted by Gasteiger charge is 2.01. The van der Waals surface area contributed by atoms with Crippen LogP contribution in [0.1, 0.15) is 13.8 Å². The molecule has 72 valence electrons. The molecule has 4 nitrogen and oxygen atoms in total. The van der Waals surface area contributed by atoms with Crippen molar-refractivity contribution in [2.45, 2.75) is 23.5 Å². The minimum Gasteiger partial charge on any atom is -0.480 e. The van der Waals surface area contributed by atoms with Crippen LogP contribution in [-0.4, -0.2) is 26.6 Å². The van der Waals surface area contributed by atoms with Gasteiger partial charge in [-0.25, -0.2) is 0 Å². The van der Waals surface area contributed by atoms with Crippen LogP contribution in [0.4, 0.5) is 0 Å². The molecular weight excluding hydrogens is 294 g/mol. The number of aliphatic carboxylic acids is 1. The topological polar surface area (TPSA) is 80.4 Å². The van der Waals surface area contributed by atoms with Crippen molar-refractivity contribution in [1.82, 2.24) is 0 Å². The van der Waals surface area contributed by atoms with Crippen LogP contribution in [0, 0.1) is 0 Å². The average molecular weight is 305 g/mol. The van der Waals surface area contributed by atoms with Gasteiger partial charge in [-0.2, -0.15) is 0 Å². The van der Waals surface area contributed by atoms with Crippen molar-refractivity contribution in [2.24, 2.45) is 5.73 Å². The van der Waals surface area contributed by atoms with Gasteiger partial charge < -0.3 is 10.8 Å². The second kappa shape index (κ2) is 7.54. The molecule has 0 aromatic heterocycles. The monoisotopic (exact) mass is 303 g/mol. The number of hydrogen-bond donors (Lipinski definition) is 2. The summed E-state index contributed by atoms with van der Waals surface area (Å²) >= 11 is 5.80. The van der Waals surface area contributed by atoms with Gasteiger partial charge in [-0.05, 0) is 13.8 Å². The summed E-state index contributed by atoms with van der Waals surface area (Å²) in [7, 11) is 0. The largest absolute Gasteiger partial charge is 0.480 e. The van der Waals surface area contributed by atoms with Crippen LogP contribution >= 0.6 is 31.9 Å². The normalized spacial score (nSPS) is 13.7. The lowest BCUT2D eigenvalue weighted by Gasteiger charge is -1.88. The third-order valence-electron chi connectivity index (χ3n) is 0.732. The molecule has 2 unspecified atom stereocenters. The summed E-state index contributed by atoms with van der Waals surface area (Å²) in [5, 5.41) is 7.94. The Balaban J connectivity index is 0. The zero-order chi connectivity index (χ0) is 10.3. The Hall–Kier alpha value is -0.100. The van der Waals surface area contributed by atoms with E-state index in [0.717, 1.165) is 0 Å². The van der Waals surface area contributed by atoms with Crippen molar-refractivity contribution in [3.8, 4) is 0 Å². The minimum absolute atomic E-state index is 0.197. The van der Waals surface area contributed by atoms with E-state index in [4.69, 9.17) is 10.8 Å². The summed E-state index contributed by atoms with van der Waals surface area (Å²) in [5.74, 6) is -1.15. The SMILES string of the molecule is CC(Br)C(=O)O.CC(Br)C(N)=O. The minimum atomic E-state index is -0.824. The number of amides is 1. The predicted octanol–water partition coefficient (Wildman–Crippen LogP) is 1.11. The Morgan fingerprint density at radius 1 is 1.25 bits per heavy atom. The number of rotatable bonds is 2. The number of alkyl halides is 2. The number of primary amides is 1. The smallest absolute Gasteiger partial charge is 0.316 e. The lowest BCUT2D eigenvalue weighted by atomic mass is 10.5. The van der Waals surface area contributed by atoms with Gasteiger partial charge in [-0.1, -0.05) is 31.9 Å². The average Bonchev–Trinajstić information content (AvgIpc) is 1.88. The first-order valence-corrected chi connectivity index (χ1v) is 4.92. The molecule has 6 heteroatoms. The Morgan fingerprint density at radius 3 is 1.42 bits per heavy atom. The first kappa shape index (κ1) is 14.4. The first-order valence-electron chi connectivity index (χ1n) is 3.09. The second-order valence-electron chi connectivity index (χ2n) is 1.97. The van der Waals surface area contributed by atoms with Crippen molar-refractivity contribution < 1.29 is 14.7 Å². The molecule has 0 saturated carbocycles. The van der Waals surface area contributed by atoms with E-state index in [1.54, 1.807) is 13.8 Å². The van der Waals surface area contributed by atoms with Crippen LogP contribution in [0.25, 0.3) is 0 Å². The Bertz CT molecular complexity index is 141. The molecular formula is C6H11Br2NO3. The molecule has 0 heterocycles. The van der Waals surface area contributed by atoms with E-state index >= 15 is 0 Å². The Labute approximate surface area is 87.8 Å². The van der Waals surface area contributed by atoms with Gasteiger partial charge in [0.05, 0.1) is 4.83 Å². The summed E-state index contributed by atoms with van der Waals surface area (Å²) < 4.78 is 0. The number of carbonyl (C=O) groups excluding carboxylic acids is 1. The maximum Gasteiger partial charge on any atom is 0.316 e. The maximum atomic E-state index is 9.87. The third-order valence-corrected chi connectivity index (χ3v) is 1.58. The molecule has 3 N–H and O–H groups in total. The molecule has 0 aliphatic rings. The lowest BCUT2D eigenvalue weighted by Crippen LogP contribution is -2.19. The van der Waals surface area contributed by atoms with Gasteiger partial charge in [0.1, 0.15) is 4.83 Å². The number of carbonyl (C=O) groups is 2. The molecule has 0 bridgehead atoms. The van der Waals surface area contributed by atoms with Gasteiger partial charge in [-0.15, -0.1) is 0 Å². The van der Waals surface area contributed by atoms with E-state index in [1.807, 2.05) is 0 Å². The molecule has 2 atom stereocenters. The molecule has 0 aliphatic carbocycles. The van der Waals surface area contributed by atoms with Crippen LogP contribution in [-0.2, 0) is 9.59 Å². The van der Waals surface area contributed by atoms with Crippen LogP contribution in [0.5, 0.6) is 0 Å². The number of carboxylic acids is 1. The van der Waals surface area contributed by atoms with Crippen LogP contribution in [0.2, 0.25) is 0 Å². The molecule has 12 heavy (non-hydrogen) atoms. The van der Waals surface area contributed by atoms with Crippen molar-refractivity contribution in [2.75, 3.05) is 0 Å². The highest BCUT2D eigenvalue weighted by atomic mass is 79.9. The van der Waals surface area contributed by atoms with Gasteiger partial charge in [-0.3, -0.25) is 9.59 Å². The van der Waals surface area contributed by atoms with E-state index in [-0.39, 0.29) is 10.7 Å². The fourth-order valence-corrected chi connectivity index (χ4v) is 0. The maximum absolute atomic E-state index is 9.87. The highest BCUT2D eigenvalue weighted by Crippen LogP contribution is 1.94. The van der Waals surface area contributed by atoms with E-state index < -0.39 is 10.8 Å². The molecule has 0 radical (unpaired) electrons. The molecule has 0 saturated heterocycles. The summed E-state index contributed by atoms with van der Waals surface area (Å²) in [5.41, 5.74) is 4.75. The zero-order valence-corrected chi connectivity index (χ0v) is 9.92. The summed E-state index contributed by atoms with van der Waals surface area (Å²) in [6.45, 7) is 3.24. The predicted molar refractivity (Wildman–Crippen MR) is 53.6 cm³/mol. The van der Waals surface area contributed by atoms with Gasteiger partial charge in [0, 0.05) is 0 Å². The standard InChI is InChI=1S/C3H6BrNO.C3H5BrO2/c2*1-2(4)3(5)6/h2H,1H3,(H2,5,6);2H,1H3,(H,5,6). The van der Waals surface area contributed by atoms with Crippen LogP contribution < -0.4 is 5.73 Å². The highest BCUT2D eigenvalue weighted by molar-refractivity contribution is 9.10. The van der Waals surface area contributed by atoms with Gasteiger partial charge in [0.15, 0.2) is 0 Å².